The monoisotopic (exact) mass is 502 g/mol. The molecule has 0 amide bonds. The van der Waals surface area contributed by atoms with Crippen molar-refractivity contribution in [2.75, 3.05) is 32.8 Å². The minimum Gasteiger partial charge on any atom is -0.490 e. The Morgan fingerprint density at radius 2 is 1.66 bits per heavy atom. The molecule has 0 atom stereocenters. The van der Waals surface area contributed by atoms with Gasteiger partial charge in [0.1, 0.15) is 6.61 Å². The number of nitrogens with one attached hydrogen (secondary N) is 1. The van der Waals surface area contributed by atoms with Crippen molar-refractivity contribution in [2.24, 2.45) is 0 Å². The molecule has 0 aliphatic rings. The summed E-state index contributed by atoms with van der Waals surface area (Å²) in [5.74, 6) is 1.36. The van der Waals surface area contributed by atoms with E-state index in [2.05, 4.69) is 40.0 Å². The molecule has 4 nitrogen and oxygen atoms in total. The van der Waals surface area contributed by atoms with Crippen LogP contribution in [0.15, 0.2) is 34.8 Å². The van der Waals surface area contributed by atoms with Crippen LogP contribution in [0.4, 0.5) is 0 Å². The molecule has 160 valence electrons. The van der Waals surface area contributed by atoms with Gasteiger partial charge in [-0.05, 0) is 49.8 Å². The Morgan fingerprint density at radius 3 is 2.28 bits per heavy atom. The van der Waals surface area contributed by atoms with Crippen molar-refractivity contribution in [1.29, 1.82) is 0 Å². The number of ether oxygens (including phenoxy) is 2. The number of hydrogen-bond donors (Lipinski definition) is 1. The maximum absolute atomic E-state index is 6.25. The predicted octanol–water partition coefficient (Wildman–Crippen LogP) is 6.17. The first-order chi connectivity index (χ1) is 14.0. The van der Waals surface area contributed by atoms with Crippen molar-refractivity contribution in [3.63, 3.8) is 0 Å². The van der Waals surface area contributed by atoms with Crippen LogP contribution >= 0.6 is 39.1 Å². The molecule has 0 saturated carbocycles. The van der Waals surface area contributed by atoms with Crippen LogP contribution in [0.3, 0.4) is 0 Å². The van der Waals surface area contributed by atoms with Gasteiger partial charge in [-0.15, -0.1) is 0 Å². The predicted molar refractivity (Wildman–Crippen MR) is 126 cm³/mol. The van der Waals surface area contributed by atoms with E-state index in [9.17, 15) is 0 Å². The van der Waals surface area contributed by atoms with E-state index in [1.165, 1.54) is 0 Å². The second-order valence-electron chi connectivity index (χ2n) is 6.52. The van der Waals surface area contributed by atoms with Crippen LogP contribution in [0.25, 0.3) is 0 Å². The van der Waals surface area contributed by atoms with Crippen LogP contribution in [0.2, 0.25) is 10.0 Å². The van der Waals surface area contributed by atoms with Gasteiger partial charge >= 0.3 is 0 Å². The first-order valence-electron chi connectivity index (χ1n) is 9.94. The highest BCUT2D eigenvalue weighted by molar-refractivity contribution is 9.10. The zero-order valence-electron chi connectivity index (χ0n) is 17.2. The summed E-state index contributed by atoms with van der Waals surface area (Å²) in [6, 6.07) is 9.38. The molecule has 2 rings (SSSR count). The molecule has 0 radical (unpaired) electrons. The van der Waals surface area contributed by atoms with E-state index < -0.39 is 0 Å². The summed E-state index contributed by atoms with van der Waals surface area (Å²) in [4.78, 5) is 2.39. The second-order valence-corrected chi connectivity index (χ2v) is 8.18. The molecule has 0 heterocycles. The molecule has 0 saturated heterocycles. The minimum absolute atomic E-state index is 0.270. The average Bonchev–Trinajstić information content (AvgIpc) is 2.70. The van der Waals surface area contributed by atoms with Crippen molar-refractivity contribution in [3.05, 3.63) is 56.0 Å². The third kappa shape index (κ3) is 7.34. The fourth-order valence-corrected chi connectivity index (χ4v) is 3.88. The van der Waals surface area contributed by atoms with E-state index >= 15 is 0 Å². The van der Waals surface area contributed by atoms with Crippen molar-refractivity contribution in [3.8, 4) is 11.5 Å². The zero-order chi connectivity index (χ0) is 21.2. The molecule has 1 N–H and O–H groups in total. The number of nitrogens with zero attached hydrogens (tertiary/aromatic N) is 1. The molecule has 0 fully saturated rings. The lowest BCUT2D eigenvalue weighted by Gasteiger charge is -2.19. The summed E-state index contributed by atoms with van der Waals surface area (Å²) in [6.07, 6.45) is 0. The lowest BCUT2D eigenvalue weighted by Crippen LogP contribution is -2.31. The Labute approximate surface area is 192 Å². The van der Waals surface area contributed by atoms with E-state index in [1.807, 2.05) is 25.1 Å². The molecule has 0 aliphatic heterocycles. The first-order valence-corrected chi connectivity index (χ1v) is 11.5. The second kappa shape index (κ2) is 12.7. The fourth-order valence-electron chi connectivity index (χ4n) is 2.91. The topological polar surface area (TPSA) is 33.7 Å². The summed E-state index contributed by atoms with van der Waals surface area (Å²) in [5.41, 5.74) is 1.88. The van der Waals surface area contributed by atoms with E-state index in [4.69, 9.17) is 32.7 Å². The lowest BCUT2D eigenvalue weighted by molar-refractivity contribution is 0.269. The number of hydrogen-bond acceptors (Lipinski definition) is 4. The summed E-state index contributed by atoms with van der Waals surface area (Å²) in [6.45, 7) is 12.0. The van der Waals surface area contributed by atoms with Gasteiger partial charge in [-0.2, -0.15) is 0 Å². The van der Waals surface area contributed by atoms with Crippen LogP contribution < -0.4 is 14.8 Å². The molecule has 29 heavy (non-hydrogen) atoms. The van der Waals surface area contributed by atoms with Crippen LogP contribution in [-0.4, -0.2) is 37.7 Å². The number of benzene rings is 2. The van der Waals surface area contributed by atoms with Gasteiger partial charge in [0.05, 0.1) is 6.61 Å². The smallest absolute Gasteiger partial charge is 0.162 e. The van der Waals surface area contributed by atoms with Crippen LogP contribution in [0, 0.1) is 0 Å². The van der Waals surface area contributed by atoms with E-state index in [0.29, 0.717) is 28.2 Å². The van der Waals surface area contributed by atoms with Gasteiger partial charge in [0.15, 0.2) is 11.5 Å². The lowest BCUT2D eigenvalue weighted by atomic mass is 10.2. The van der Waals surface area contributed by atoms with Crippen molar-refractivity contribution < 1.29 is 9.47 Å². The van der Waals surface area contributed by atoms with E-state index in [1.54, 1.807) is 12.1 Å². The molecule has 7 heteroatoms. The SMILES string of the molecule is CCOc1cc(CNCCN(CC)CC)c(Br)cc1OCc1c(Cl)cccc1Cl. The standard InChI is InChI=1S/C22H29BrCl2N2O2/c1-4-27(5-2)11-10-26-14-16-12-21(28-6-3)22(13-18(16)23)29-15-17-19(24)8-7-9-20(17)25/h7-9,12-13,26H,4-6,10-11,14-15H2,1-3H3. The Bertz CT molecular complexity index is 765. The molecule has 2 aromatic rings. The minimum atomic E-state index is 0.270. The number of rotatable bonds is 12. The molecule has 2 aromatic carbocycles. The maximum Gasteiger partial charge on any atom is 0.162 e. The van der Waals surface area contributed by atoms with E-state index in [0.717, 1.165) is 48.3 Å². The Kier molecular flexibility index (Phi) is 10.6. The zero-order valence-corrected chi connectivity index (χ0v) is 20.3. The fraction of sp³-hybridized carbons (Fsp3) is 0.455. The number of halogens is 3. The Hall–Kier alpha value is -0.980. The normalized spacial score (nSPS) is 11.1. The summed E-state index contributed by atoms with van der Waals surface area (Å²) >= 11 is 16.2. The summed E-state index contributed by atoms with van der Waals surface area (Å²) < 4.78 is 12.8. The molecule has 0 unspecified atom stereocenters. The third-order valence-electron chi connectivity index (χ3n) is 4.66. The quantitative estimate of drug-likeness (QED) is 0.351. The highest BCUT2D eigenvalue weighted by atomic mass is 79.9. The van der Waals surface area contributed by atoms with Gasteiger partial charge in [0.2, 0.25) is 0 Å². The van der Waals surface area contributed by atoms with Crippen molar-refractivity contribution >= 4 is 39.1 Å². The molecular weight excluding hydrogens is 475 g/mol. The molecular formula is C22H29BrCl2N2O2. The summed E-state index contributed by atoms with van der Waals surface area (Å²) in [7, 11) is 0. The first kappa shape index (κ1) is 24.3. The van der Waals surface area contributed by atoms with Gasteiger partial charge < -0.3 is 19.7 Å². The highest BCUT2D eigenvalue weighted by Crippen LogP contribution is 2.35. The molecule has 0 aliphatic carbocycles. The maximum atomic E-state index is 6.25. The van der Waals surface area contributed by atoms with Crippen LogP contribution in [-0.2, 0) is 13.2 Å². The van der Waals surface area contributed by atoms with Gasteiger partial charge in [0, 0.05) is 39.7 Å². The van der Waals surface area contributed by atoms with Crippen molar-refractivity contribution in [1.82, 2.24) is 10.2 Å². The number of likely N-dealkylation sites (N-methyl/N-ethyl adjacent to an activating group) is 1. The van der Waals surface area contributed by atoms with Crippen molar-refractivity contribution in [2.45, 2.75) is 33.9 Å². The summed E-state index contributed by atoms with van der Waals surface area (Å²) in [5, 5.41) is 4.67. The van der Waals surface area contributed by atoms with Gasteiger partial charge in [-0.3, -0.25) is 0 Å². The average molecular weight is 504 g/mol. The molecule has 0 bridgehead atoms. The van der Waals surface area contributed by atoms with Crippen LogP contribution in [0.5, 0.6) is 11.5 Å². The van der Waals surface area contributed by atoms with Gasteiger partial charge in [0.25, 0.3) is 0 Å². The largest absolute Gasteiger partial charge is 0.490 e. The Balaban J connectivity index is 2.06. The Morgan fingerprint density at radius 1 is 1.00 bits per heavy atom. The van der Waals surface area contributed by atoms with Gasteiger partial charge in [-0.25, -0.2) is 0 Å². The van der Waals surface area contributed by atoms with E-state index in [-0.39, 0.29) is 6.61 Å². The molecule has 0 aromatic heterocycles. The van der Waals surface area contributed by atoms with Gasteiger partial charge in [-0.1, -0.05) is 59.0 Å². The van der Waals surface area contributed by atoms with Crippen LogP contribution in [0.1, 0.15) is 31.9 Å². The highest BCUT2D eigenvalue weighted by Gasteiger charge is 2.13. The third-order valence-corrected chi connectivity index (χ3v) is 6.11. The molecule has 0 spiro atoms.